The van der Waals surface area contributed by atoms with Gasteiger partial charge in [0.05, 0.1) is 11.4 Å². The molecule has 2 heterocycles. The van der Waals surface area contributed by atoms with Gasteiger partial charge in [0.15, 0.2) is 0 Å². The van der Waals surface area contributed by atoms with Crippen LogP contribution in [0.4, 0.5) is 5.69 Å². The van der Waals surface area contributed by atoms with Crippen molar-refractivity contribution in [3.05, 3.63) is 58.1 Å². The highest BCUT2D eigenvalue weighted by Gasteiger charge is 2.33. The van der Waals surface area contributed by atoms with E-state index in [1.165, 1.54) is 22.5 Å². The highest BCUT2D eigenvalue weighted by atomic mass is 35.5. The van der Waals surface area contributed by atoms with E-state index in [4.69, 9.17) is 23.2 Å². The molecule has 0 bridgehead atoms. The average Bonchev–Trinajstić information content (AvgIpc) is 3.37. The molecule has 2 aromatic rings. The summed E-state index contributed by atoms with van der Waals surface area (Å²) in [7, 11) is -3.79. The zero-order valence-corrected chi connectivity index (χ0v) is 21.0. The number of halogens is 2. The molecule has 0 aromatic heterocycles. The Morgan fingerprint density at radius 3 is 2.24 bits per heavy atom. The fourth-order valence-corrected chi connectivity index (χ4v) is 6.58. The lowest BCUT2D eigenvalue weighted by molar-refractivity contribution is -0.129. The molecule has 2 amide bonds. The Morgan fingerprint density at radius 2 is 1.59 bits per heavy atom. The molecule has 1 N–H and O–H groups in total. The second-order valence-electron chi connectivity index (χ2n) is 8.70. The number of amides is 2. The van der Waals surface area contributed by atoms with E-state index in [2.05, 4.69) is 5.32 Å². The standard InChI is InChI=1S/C24H27Cl2N3O4S/c25-19-5-8-21(26)22(16-19)34(32,33)29-13-9-18(10-14-29)24(31)27-20-6-3-17(4-7-20)15-23(30)28-11-1-2-12-28/h3-8,16,18H,1-2,9-15H2,(H,27,31). The van der Waals surface area contributed by atoms with Crippen LogP contribution in [0.25, 0.3) is 0 Å². The quantitative estimate of drug-likeness (QED) is 0.614. The minimum atomic E-state index is -3.79. The highest BCUT2D eigenvalue weighted by molar-refractivity contribution is 7.89. The molecule has 10 heteroatoms. The SMILES string of the molecule is O=C(Nc1ccc(CC(=O)N2CCCC2)cc1)C1CCN(S(=O)(=O)c2cc(Cl)ccc2Cl)CC1. The van der Waals surface area contributed by atoms with Crippen molar-refractivity contribution >= 4 is 50.7 Å². The number of carbonyl (C=O) groups is 2. The van der Waals surface area contributed by atoms with Crippen LogP contribution in [0.5, 0.6) is 0 Å². The maximum Gasteiger partial charge on any atom is 0.244 e. The van der Waals surface area contributed by atoms with Crippen LogP contribution in [0.3, 0.4) is 0 Å². The molecule has 2 aromatic carbocycles. The van der Waals surface area contributed by atoms with E-state index in [-0.39, 0.29) is 40.7 Å². The van der Waals surface area contributed by atoms with Crippen LogP contribution in [0.2, 0.25) is 10.0 Å². The summed E-state index contributed by atoms with van der Waals surface area (Å²) in [6, 6.07) is 11.7. The number of carbonyl (C=O) groups excluding carboxylic acids is 2. The molecule has 0 unspecified atom stereocenters. The number of sulfonamides is 1. The van der Waals surface area contributed by atoms with Gasteiger partial charge in [-0.2, -0.15) is 4.31 Å². The van der Waals surface area contributed by atoms with E-state index in [9.17, 15) is 18.0 Å². The second-order valence-corrected chi connectivity index (χ2v) is 11.5. The Bertz CT molecular complexity index is 1160. The molecule has 4 rings (SSSR count). The summed E-state index contributed by atoms with van der Waals surface area (Å²) in [5.41, 5.74) is 1.57. The Balaban J connectivity index is 1.30. The van der Waals surface area contributed by atoms with E-state index < -0.39 is 10.0 Å². The number of anilines is 1. The molecule has 0 spiro atoms. The molecule has 2 saturated heterocycles. The molecule has 0 radical (unpaired) electrons. The van der Waals surface area contributed by atoms with Gasteiger partial charge in [0.25, 0.3) is 0 Å². The number of hydrogen-bond acceptors (Lipinski definition) is 4. The molecule has 0 saturated carbocycles. The van der Waals surface area contributed by atoms with Crippen LogP contribution in [0.1, 0.15) is 31.2 Å². The van der Waals surface area contributed by atoms with Crippen LogP contribution in [0, 0.1) is 5.92 Å². The van der Waals surface area contributed by atoms with Gasteiger partial charge in [-0.15, -0.1) is 0 Å². The van der Waals surface area contributed by atoms with Gasteiger partial charge >= 0.3 is 0 Å². The first-order valence-electron chi connectivity index (χ1n) is 11.4. The molecular weight excluding hydrogens is 497 g/mol. The number of rotatable bonds is 6. The van der Waals surface area contributed by atoms with Gasteiger partial charge in [0, 0.05) is 42.8 Å². The lowest BCUT2D eigenvalue weighted by atomic mass is 9.97. The zero-order chi connectivity index (χ0) is 24.3. The van der Waals surface area contributed by atoms with Crippen molar-refractivity contribution < 1.29 is 18.0 Å². The van der Waals surface area contributed by atoms with Crippen LogP contribution in [-0.4, -0.2) is 55.6 Å². The van der Waals surface area contributed by atoms with Gasteiger partial charge in [0.2, 0.25) is 21.8 Å². The summed E-state index contributed by atoms with van der Waals surface area (Å²) in [6.45, 7) is 2.11. The number of likely N-dealkylation sites (tertiary alicyclic amines) is 1. The van der Waals surface area contributed by atoms with Crippen molar-refractivity contribution in [1.29, 1.82) is 0 Å². The molecule has 182 valence electrons. The summed E-state index contributed by atoms with van der Waals surface area (Å²) in [6.07, 6.45) is 3.31. The van der Waals surface area contributed by atoms with Crippen LogP contribution in [-0.2, 0) is 26.0 Å². The van der Waals surface area contributed by atoms with E-state index in [0.717, 1.165) is 31.5 Å². The van der Waals surface area contributed by atoms with Crippen LogP contribution >= 0.6 is 23.2 Å². The molecule has 34 heavy (non-hydrogen) atoms. The minimum Gasteiger partial charge on any atom is -0.342 e. The monoisotopic (exact) mass is 523 g/mol. The van der Waals surface area contributed by atoms with Gasteiger partial charge < -0.3 is 10.2 Å². The van der Waals surface area contributed by atoms with Gasteiger partial charge in [0.1, 0.15) is 4.90 Å². The maximum absolute atomic E-state index is 13.0. The van der Waals surface area contributed by atoms with E-state index in [0.29, 0.717) is 30.0 Å². The summed E-state index contributed by atoms with van der Waals surface area (Å²) < 4.78 is 27.3. The van der Waals surface area contributed by atoms with Crippen LogP contribution in [0.15, 0.2) is 47.4 Å². The van der Waals surface area contributed by atoms with Crippen molar-refractivity contribution in [2.24, 2.45) is 5.92 Å². The average molecular weight is 524 g/mol. The maximum atomic E-state index is 13.0. The van der Waals surface area contributed by atoms with Gasteiger partial charge in [-0.1, -0.05) is 35.3 Å². The number of nitrogens with one attached hydrogen (secondary N) is 1. The first-order valence-corrected chi connectivity index (χ1v) is 13.6. The van der Waals surface area contributed by atoms with E-state index in [1.807, 2.05) is 17.0 Å². The smallest absolute Gasteiger partial charge is 0.244 e. The zero-order valence-electron chi connectivity index (χ0n) is 18.7. The Hall–Kier alpha value is -2.13. The number of benzene rings is 2. The summed E-state index contributed by atoms with van der Waals surface area (Å²) >= 11 is 12.0. The Kier molecular flexibility index (Phi) is 7.82. The number of hydrogen-bond donors (Lipinski definition) is 1. The summed E-state index contributed by atoms with van der Waals surface area (Å²) in [5.74, 6) is -0.300. The third-order valence-corrected chi connectivity index (χ3v) is 8.99. The van der Waals surface area contributed by atoms with Crippen molar-refractivity contribution in [3.63, 3.8) is 0 Å². The first kappa shape index (κ1) is 25.0. The summed E-state index contributed by atoms with van der Waals surface area (Å²) in [5, 5.41) is 3.32. The molecular formula is C24H27Cl2N3O4S. The predicted octanol–water partition coefficient (Wildman–Crippen LogP) is 4.20. The Morgan fingerprint density at radius 1 is 0.941 bits per heavy atom. The fourth-order valence-electron chi connectivity index (χ4n) is 4.38. The highest BCUT2D eigenvalue weighted by Crippen LogP contribution is 2.30. The van der Waals surface area contributed by atoms with Crippen molar-refractivity contribution in [1.82, 2.24) is 9.21 Å². The molecule has 7 nitrogen and oxygen atoms in total. The fraction of sp³-hybridized carbons (Fsp3) is 0.417. The molecule has 0 aliphatic carbocycles. The van der Waals surface area contributed by atoms with E-state index in [1.54, 1.807) is 12.1 Å². The molecule has 2 aliphatic rings. The van der Waals surface area contributed by atoms with E-state index >= 15 is 0 Å². The van der Waals surface area contributed by atoms with Crippen molar-refractivity contribution in [2.75, 3.05) is 31.5 Å². The van der Waals surface area contributed by atoms with Gasteiger partial charge in [-0.3, -0.25) is 9.59 Å². The molecule has 2 fully saturated rings. The number of piperidine rings is 1. The topological polar surface area (TPSA) is 86.8 Å². The third-order valence-electron chi connectivity index (χ3n) is 6.37. The first-order chi connectivity index (χ1) is 16.2. The lowest BCUT2D eigenvalue weighted by Crippen LogP contribution is -2.41. The minimum absolute atomic E-state index is 0.0205. The number of nitrogens with zero attached hydrogens (tertiary/aromatic N) is 2. The van der Waals surface area contributed by atoms with Crippen molar-refractivity contribution in [3.8, 4) is 0 Å². The predicted molar refractivity (Wildman–Crippen MR) is 133 cm³/mol. The Labute approximate surface area is 210 Å². The van der Waals surface area contributed by atoms with Gasteiger partial charge in [-0.25, -0.2) is 8.42 Å². The summed E-state index contributed by atoms with van der Waals surface area (Å²) in [4.78, 5) is 26.9. The molecule has 2 aliphatic heterocycles. The molecule has 0 atom stereocenters. The van der Waals surface area contributed by atoms with Crippen molar-refractivity contribution in [2.45, 2.75) is 37.0 Å². The third kappa shape index (κ3) is 5.74. The second kappa shape index (κ2) is 10.6. The normalized spacial score (nSPS) is 17.6. The van der Waals surface area contributed by atoms with Crippen LogP contribution < -0.4 is 5.32 Å². The largest absolute Gasteiger partial charge is 0.342 e. The lowest BCUT2D eigenvalue weighted by Gasteiger charge is -2.30. The van der Waals surface area contributed by atoms with Gasteiger partial charge in [-0.05, 0) is 61.6 Å².